The van der Waals surface area contributed by atoms with E-state index in [4.69, 9.17) is 14.0 Å². The topological polar surface area (TPSA) is 27.7 Å². The third kappa shape index (κ3) is 5.27. The lowest BCUT2D eigenvalue weighted by atomic mass is 10.0. The maximum absolute atomic E-state index is 14.8. The van der Waals surface area contributed by atoms with Gasteiger partial charge in [0.1, 0.15) is 17.5 Å². The molecule has 10 heteroatoms. The number of alkyl halides is 3. The van der Waals surface area contributed by atoms with Crippen molar-refractivity contribution in [3.63, 3.8) is 0 Å². The van der Waals surface area contributed by atoms with Gasteiger partial charge in [-0.25, -0.2) is 26.3 Å². The lowest BCUT2D eigenvalue weighted by Gasteiger charge is -2.34. The van der Waals surface area contributed by atoms with Crippen LogP contribution in [0.1, 0.15) is 19.3 Å². The van der Waals surface area contributed by atoms with Crippen LogP contribution in [0.4, 0.5) is 26.3 Å². The van der Waals surface area contributed by atoms with Gasteiger partial charge in [0.15, 0.2) is 0 Å². The Morgan fingerprint density at radius 3 is 1.14 bits per heavy atom. The number of allylic oxidation sites excluding steroid dienone is 6. The van der Waals surface area contributed by atoms with Crippen LogP contribution in [0, 0.1) is 0 Å². The standard InChI is InChI=1S/C18H15BF6O3/c20-13-4-1-7-16(23,10-13)26-19(27-17(24)8-2-5-14(21)11-17)28-18(25)9-3-6-15(22)12-18/h1-9H,10-12H2. The molecule has 0 aliphatic heterocycles. The van der Waals surface area contributed by atoms with Crippen LogP contribution < -0.4 is 0 Å². The molecule has 0 spiro atoms. The van der Waals surface area contributed by atoms with Crippen molar-refractivity contribution in [1.29, 1.82) is 0 Å². The van der Waals surface area contributed by atoms with Crippen molar-refractivity contribution in [1.82, 2.24) is 0 Å². The molecule has 150 valence electrons. The minimum absolute atomic E-state index is 0.792. The first-order valence-electron chi connectivity index (χ1n) is 8.31. The average Bonchev–Trinajstić information content (AvgIpc) is 2.52. The molecule has 0 saturated heterocycles. The molecule has 3 nitrogen and oxygen atoms in total. The summed E-state index contributed by atoms with van der Waals surface area (Å²) in [7, 11) is -2.40. The summed E-state index contributed by atoms with van der Waals surface area (Å²) in [5.41, 5.74) is 0. The Morgan fingerprint density at radius 2 is 0.893 bits per heavy atom. The van der Waals surface area contributed by atoms with E-state index in [9.17, 15) is 26.3 Å². The van der Waals surface area contributed by atoms with Gasteiger partial charge in [-0.05, 0) is 36.5 Å². The molecule has 0 heterocycles. The van der Waals surface area contributed by atoms with E-state index in [0.29, 0.717) is 0 Å². The van der Waals surface area contributed by atoms with Crippen LogP contribution in [0.5, 0.6) is 0 Å². The van der Waals surface area contributed by atoms with Gasteiger partial charge in [-0.2, -0.15) is 0 Å². The molecule has 0 fully saturated rings. The van der Waals surface area contributed by atoms with E-state index in [0.717, 1.165) is 54.7 Å². The first-order valence-corrected chi connectivity index (χ1v) is 8.31. The van der Waals surface area contributed by atoms with Crippen LogP contribution in [-0.2, 0) is 14.0 Å². The van der Waals surface area contributed by atoms with Crippen LogP contribution in [0.25, 0.3) is 0 Å². The van der Waals surface area contributed by atoms with E-state index in [-0.39, 0.29) is 0 Å². The fourth-order valence-corrected chi connectivity index (χ4v) is 2.73. The van der Waals surface area contributed by atoms with Crippen molar-refractivity contribution in [3.05, 3.63) is 72.2 Å². The molecule has 0 aromatic rings. The van der Waals surface area contributed by atoms with Crippen molar-refractivity contribution < 1.29 is 40.3 Å². The van der Waals surface area contributed by atoms with Gasteiger partial charge >= 0.3 is 7.32 Å². The number of rotatable bonds is 6. The number of hydrogen-bond donors (Lipinski definition) is 0. The fourth-order valence-electron chi connectivity index (χ4n) is 2.73. The van der Waals surface area contributed by atoms with E-state index in [2.05, 4.69) is 0 Å². The largest absolute Gasteiger partial charge is 0.647 e. The van der Waals surface area contributed by atoms with Gasteiger partial charge in [0, 0.05) is 0 Å². The number of halogens is 6. The van der Waals surface area contributed by atoms with E-state index >= 15 is 0 Å². The Bertz CT molecular complexity index is 703. The lowest BCUT2D eigenvalue weighted by molar-refractivity contribution is -0.151. The highest BCUT2D eigenvalue weighted by atomic mass is 19.2. The second-order valence-electron chi connectivity index (χ2n) is 6.45. The summed E-state index contributed by atoms with van der Waals surface area (Å²) in [5, 5.41) is 0. The second kappa shape index (κ2) is 7.77. The normalized spacial score (nSPS) is 34.7. The predicted octanol–water partition coefficient (Wildman–Crippen LogP) is 5.46. The summed E-state index contributed by atoms with van der Waals surface area (Å²) in [4.78, 5) is 0. The second-order valence-corrected chi connectivity index (χ2v) is 6.45. The molecule has 3 aliphatic carbocycles. The molecule has 28 heavy (non-hydrogen) atoms. The SMILES string of the molecule is FC1=CC=CC(F)(OB(OC2(F)C=CC=C(F)C2)OC2(F)C=CC=C(F)C2)C1. The van der Waals surface area contributed by atoms with Crippen molar-refractivity contribution >= 4 is 7.32 Å². The summed E-state index contributed by atoms with van der Waals surface area (Å²) in [6.07, 6.45) is 5.57. The van der Waals surface area contributed by atoms with Gasteiger partial charge in [-0.1, -0.05) is 18.2 Å². The monoisotopic (exact) mass is 404 g/mol. The summed E-state index contributed by atoms with van der Waals surface area (Å²) in [6, 6.07) is 0. The van der Waals surface area contributed by atoms with E-state index in [1.807, 2.05) is 0 Å². The van der Waals surface area contributed by atoms with Gasteiger partial charge in [0.25, 0.3) is 0 Å². The van der Waals surface area contributed by atoms with Crippen molar-refractivity contribution in [2.75, 3.05) is 0 Å². The molecule has 0 bridgehead atoms. The van der Waals surface area contributed by atoms with Crippen LogP contribution >= 0.6 is 0 Å². The first kappa shape index (κ1) is 20.7. The fraction of sp³-hybridized carbons (Fsp3) is 0.333. The van der Waals surface area contributed by atoms with Crippen LogP contribution in [0.2, 0.25) is 0 Å². The van der Waals surface area contributed by atoms with Crippen LogP contribution in [0.3, 0.4) is 0 Å². The highest BCUT2D eigenvalue weighted by molar-refractivity contribution is 6.37. The van der Waals surface area contributed by atoms with E-state index in [1.165, 1.54) is 0 Å². The third-order valence-electron chi connectivity index (χ3n) is 3.97. The maximum Gasteiger partial charge on any atom is 0.647 e. The van der Waals surface area contributed by atoms with Crippen molar-refractivity contribution in [3.8, 4) is 0 Å². The minimum atomic E-state index is -2.85. The summed E-state index contributed by atoms with van der Waals surface area (Å²) < 4.78 is 99.2. The molecule has 0 N–H and O–H groups in total. The highest BCUT2D eigenvalue weighted by Crippen LogP contribution is 2.37. The maximum atomic E-state index is 14.8. The van der Waals surface area contributed by atoms with Gasteiger partial charge in [0.05, 0.1) is 19.3 Å². The molecule has 0 saturated carbocycles. The molecule has 3 rings (SSSR count). The van der Waals surface area contributed by atoms with Gasteiger partial charge < -0.3 is 14.0 Å². The number of hydrogen-bond acceptors (Lipinski definition) is 3. The molecule has 3 unspecified atom stereocenters. The quantitative estimate of drug-likeness (QED) is 0.435. The molecule has 0 radical (unpaired) electrons. The summed E-state index contributed by atoms with van der Waals surface area (Å²) in [6.45, 7) is 0. The lowest BCUT2D eigenvalue weighted by Crippen LogP contribution is -2.47. The Labute approximate surface area is 157 Å². The molecule has 0 aromatic carbocycles. The zero-order valence-electron chi connectivity index (χ0n) is 14.4. The Balaban J connectivity index is 1.80. The zero-order chi connectivity index (χ0) is 20.4. The van der Waals surface area contributed by atoms with Gasteiger partial charge in [0.2, 0.25) is 17.6 Å². The third-order valence-corrected chi connectivity index (χ3v) is 3.97. The summed E-state index contributed by atoms with van der Waals surface area (Å²) in [5.74, 6) is -11.2. The molecule has 3 aliphatic rings. The van der Waals surface area contributed by atoms with E-state index < -0.39 is 61.6 Å². The predicted molar refractivity (Wildman–Crippen MR) is 89.4 cm³/mol. The van der Waals surface area contributed by atoms with Crippen LogP contribution in [0.15, 0.2) is 72.2 Å². The minimum Gasteiger partial charge on any atom is -0.349 e. The van der Waals surface area contributed by atoms with Gasteiger partial charge in [-0.3, -0.25) is 0 Å². The molecular weight excluding hydrogens is 389 g/mol. The summed E-state index contributed by atoms with van der Waals surface area (Å²) >= 11 is 0. The Morgan fingerprint density at radius 1 is 0.607 bits per heavy atom. The smallest absolute Gasteiger partial charge is 0.349 e. The first-order chi connectivity index (χ1) is 13.1. The van der Waals surface area contributed by atoms with Gasteiger partial charge in [-0.15, -0.1) is 0 Å². The van der Waals surface area contributed by atoms with Crippen molar-refractivity contribution in [2.24, 2.45) is 0 Å². The van der Waals surface area contributed by atoms with Crippen LogP contribution in [-0.4, -0.2) is 24.9 Å². The van der Waals surface area contributed by atoms with E-state index in [1.54, 1.807) is 0 Å². The molecule has 0 amide bonds. The molecule has 0 aromatic heterocycles. The molecular formula is C18H15BF6O3. The molecule has 3 atom stereocenters. The Kier molecular flexibility index (Phi) is 5.74. The average molecular weight is 404 g/mol. The highest BCUT2D eigenvalue weighted by Gasteiger charge is 2.48. The van der Waals surface area contributed by atoms with Crippen molar-refractivity contribution in [2.45, 2.75) is 36.8 Å². The zero-order valence-corrected chi connectivity index (χ0v) is 14.4. The Hall–Kier alpha value is -2.04.